The Kier molecular flexibility index (Phi) is 5.75. The number of rotatable bonds is 6. The summed E-state index contributed by atoms with van der Waals surface area (Å²) in [5.74, 6) is 0.762. The van der Waals surface area contributed by atoms with Gasteiger partial charge in [-0.3, -0.25) is 0 Å². The van der Waals surface area contributed by atoms with E-state index in [0.29, 0.717) is 17.6 Å². The van der Waals surface area contributed by atoms with E-state index in [-0.39, 0.29) is 6.61 Å². The maximum atomic E-state index is 9.69. The minimum absolute atomic E-state index is 0.280. The highest BCUT2D eigenvalue weighted by Gasteiger charge is 2.07. The lowest BCUT2D eigenvalue weighted by molar-refractivity contribution is 0.104. The SMILES string of the molecule is Cc1cc(Cl)ccc1OC[C@@H](O)CNC(C)C. The molecular weight excluding hydrogens is 238 g/mol. The van der Waals surface area contributed by atoms with Gasteiger partial charge in [0.2, 0.25) is 0 Å². The van der Waals surface area contributed by atoms with Crippen LogP contribution in [-0.4, -0.2) is 30.4 Å². The zero-order chi connectivity index (χ0) is 12.8. The van der Waals surface area contributed by atoms with Crippen LogP contribution in [0.5, 0.6) is 5.75 Å². The summed E-state index contributed by atoms with van der Waals surface area (Å²) in [6.07, 6.45) is -0.507. The number of aliphatic hydroxyl groups excluding tert-OH is 1. The minimum atomic E-state index is -0.507. The first-order valence-corrected chi connectivity index (χ1v) is 6.17. The van der Waals surface area contributed by atoms with E-state index < -0.39 is 6.10 Å². The second-order valence-electron chi connectivity index (χ2n) is 4.44. The van der Waals surface area contributed by atoms with Crippen molar-refractivity contribution >= 4 is 11.6 Å². The molecule has 0 heterocycles. The summed E-state index contributed by atoms with van der Waals surface area (Å²) >= 11 is 5.85. The molecule has 0 unspecified atom stereocenters. The number of benzene rings is 1. The van der Waals surface area contributed by atoms with E-state index in [1.54, 1.807) is 6.07 Å². The van der Waals surface area contributed by atoms with Crippen LogP contribution in [0.15, 0.2) is 18.2 Å². The van der Waals surface area contributed by atoms with Gasteiger partial charge in [-0.15, -0.1) is 0 Å². The molecule has 0 amide bonds. The number of aliphatic hydroxyl groups is 1. The van der Waals surface area contributed by atoms with Crippen LogP contribution in [0.4, 0.5) is 0 Å². The van der Waals surface area contributed by atoms with Crippen molar-refractivity contribution in [3.8, 4) is 5.75 Å². The predicted molar refractivity (Wildman–Crippen MR) is 70.8 cm³/mol. The largest absolute Gasteiger partial charge is 0.491 e. The Morgan fingerprint density at radius 1 is 1.41 bits per heavy atom. The van der Waals surface area contributed by atoms with Crippen LogP contribution in [0.1, 0.15) is 19.4 Å². The first-order valence-electron chi connectivity index (χ1n) is 5.79. The van der Waals surface area contributed by atoms with E-state index in [4.69, 9.17) is 16.3 Å². The molecule has 0 aliphatic rings. The molecule has 1 atom stereocenters. The quantitative estimate of drug-likeness (QED) is 0.822. The number of hydrogen-bond donors (Lipinski definition) is 2. The molecule has 2 N–H and O–H groups in total. The summed E-state index contributed by atoms with van der Waals surface area (Å²) in [5, 5.41) is 13.5. The summed E-state index contributed by atoms with van der Waals surface area (Å²) in [7, 11) is 0. The highest BCUT2D eigenvalue weighted by molar-refractivity contribution is 6.30. The third-order valence-corrected chi connectivity index (χ3v) is 2.57. The zero-order valence-corrected chi connectivity index (χ0v) is 11.3. The molecule has 0 radical (unpaired) electrons. The number of halogens is 1. The van der Waals surface area contributed by atoms with Gasteiger partial charge in [0.05, 0.1) is 0 Å². The second-order valence-corrected chi connectivity index (χ2v) is 4.87. The molecule has 0 spiro atoms. The molecule has 0 fully saturated rings. The molecule has 0 aromatic heterocycles. The van der Waals surface area contributed by atoms with E-state index in [9.17, 15) is 5.11 Å². The van der Waals surface area contributed by atoms with E-state index in [1.807, 2.05) is 32.9 Å². The summed E-state index contributed by atoms with van der Waals surface area (Å²) in [4.78, 5) is 0. The molecule has 4 heteroatoms. The van der Waals surface area contributed by atoms with Crippen LogP contribution < -0.4 is 10.1 Å². The number of hydrogen-bond acceptors (Lipinski definition) is 3. The van der Waals surface area contributed by atoms with Gasteiger partial charge in [-0.25, -0.2) is 0 Å². The van der Waals surface area contributed by atoms with Crippen LogP contribution in [-0.2, 0) is 0 Å². The van der Waals surface area contributed by atoms with Crippen molar-refractivity contribution in [1.82, 2.24) is 5.32 Å². The van der Waals surface area contributed by atoms with E-state index >= 15 is 0 Å². The van der Waals surface area contributed by atoms with Crippen LogP contribution >= 0.6 is 11.6 Å². The standard InChI is InChI=1S/C13H20ClNO2/c1-9(2)15-7-12(16)8-17-13-5-4-11(14)6-10(13)3/h4-6,9,12,15-16H,7-8H2,1-3H3/t12-/m0/s1. The fourth-order valence-corrected chi connectivity index (χ4v) is 1.62. The third-order valence-electron chi connectivity index (χ3n) is 2.33. The Hall–Kier alpha value is -0.770. The van der Waals surface area contributed by atoms with Crippen molar-refractivity contribution in [2.45, 2.75) is 32.9 Å². The van der Waals surface area contributed by atoms with Gasteiger partial charge in [0.15, 0.2) is 0 Å². The summed E-state index contributed by atoms with van der Waals surface area (Å²) < 4.78 is 5.54. The lowest BCUT2D eigenvalue weighted by Gasteiger charge is -2.16. The Labute approximate surface area is 108 Å². The predicted octanol–water partition coefficient (Wildman–Crippen LogP) is 2.39. The minimum Gasteiger partial charge on any atom is -0.491 e. The van der Waals surface area contributed by atoms with Crippen LogP contribution in [0, 0.1) is 6.92 Å². The smallest absolute Gasteiger partial charge is 0.122 e. The molecule has 0 aliphatic heterocycles. The van der Waals surface area contributed by atoms with Crippen LogP contribution in [0.25, 0.3) is 0 Å². The van der Waals surface area contributed by atoms with Crippen molar-refractivity contribution in [1.29, 1.82) is 0 Å². The lowest BCUT2D eigenvalue weighted by Crippen LogP contribution is -2.35. The highest BCUT2D eigenvalue weighted by Crippen LogP contribution is 2.21. The van der Waals surface area contributed by atoms with Gasteiger partial charge in [0.25, 0.3) is 0 Å². The van der Waals surface area contributed by atoms with Crippen molar-refractivity contribution in [2.75, 3.05) is 13.2 Å². The van der Waals surface area contributed by atoms with Crippen molar-refractivity contribution in [3.05, 3.63) is 28.8 Å². The Balaban J connectivity index is 2.39. The topological polar surface area (TPSA) is 41.5 Å². The van der Waals surface area contributed by atoms with E-state index in [1.165, 1.54) is 0 Å². The summed E-state index contributed by atoms with van der Waals surface area (Å²) in [6.45, 7) is 6.82. The normalized spacial score (nSPS) is 12.8. The average molecular weight is 258 g/mol. The maximum absolute atomic E-state index is 9.69. The van der Waals surface area contributed by atoms with Gasteiger partial charge in [-0.05, 0) is 30.7 Å². The highest BCUT2D eigenvalue weighted by atomic mass is 35.5. The average Bonchev–Trinajstić information content (AvgIpc) is 2.25. The fraction of sp³-hybridized carbons (Fsp3) is 0.538. The van der Waals surface area contributed by atoms with Gasteiger partial charge < -0.3 is 15.2 Å². The van der Waals surface area contributed by atoms with Crippen molar-refractivity contribution in [3.63, 3.8) is 0 Å². The van der Waals surface area contributed by atoms with Crippen molar-refractivity contribution < 1.29 is 9.84 Å². The first kappa shape index (κ1) is 14.3. The number of ether oxygens (including phenoxy) is 1. The van der Waals surface area contributed by atoms with Gasteiger partial charge in [0.1, 0.15) is 18.5 Å². The molecule has 0 saturated carbocycles. The van der Waals surface area contributed by atoms with E-state index in [2.05, 4.69) is 5.32 Å². The maximum Gasteiger partial charge on any atom is 0.122 e. The van der Waals surface area contributed by atoms with Gasteiger partial charge in [0, 0.05) is 17.6 Å². The molecule has 1 rings (SSSR count). The third kappa shape index (κ3) is 5.39. The van der Waals surface area contributed by atoms with Crippen LogP contribution in [0.3, 0.4) is 0 Å². The van der Waals surface area contributed by atoms with Crippen molar-refractivity contribution in [2.24, 2.45) is 0 Å². The number of nitrogens with one attached hydrogen (secondary N) is 1. The molecule has 0 saturated heterocycles. The van der Waals surface area contributed by atoms with E-state index in [0.717, 1.165) is 11.3 Å². The molecule has 96 valence electrons. The molecule has 1 aromatic carbocycles. The first-order chi connectivity index (χ1) is 7.99. The Morgan fingerprint density at radius 3 is 2.71 bits per heavy atom. The Morgan fingerprint density at radius 2 is 2.12 bits per heavy atom. The summed E-state index contributed by atoms with van der Waals surface area (Å²) in [6, 6.07) is 5.81. The number of aryl methyl sites for hydroxylation is 1. The van der Waals surface area contributed by atoms with Gasteiger partial charge >= 0.3 is 0 Å². The Bertz CT molecular complexity index is 355. The molecular formula is C13H20ClNO2. The van der Waals surface area contributed by atoms with Gasteiger partial charge in [-0.2, -0.15) is 0 Å². The summed E-state index contributed by atoms with van der Waals surface area (Å²) in [5.41, 5.74) is 0.974. The lowest BCUT2D eigenvalue weighted by atomic mass is 10.2. The van der Waals surface area contributed by atoms with Gasteiger partial charge in [-0.1, -0.05) is 25.4 Å². The monoisotopic (exact) mass is 257 g/mol. The fourth-order valence-electron chi connectivity index (χ4n) is 1.39. The molecule has 1 aromatic rings. The molecule has 17 heavy (non-hydrogen) atoms. The second kappa shape index (κ2) is 6.84. The molecule has 3 nitrogen and oxygen atoms in total. The molecule has 0 aliphatic carbocycles. The molecule has 0 bridgehead atoms. The van der Waals surface area contributed by atoms with Crippen LogP contribution in [0.2, 0.25) is 5.02 Å². The zero-order valence-electron chi connectivity index (χ0n) is 10.5.